The molecule has 0 spiro atoms. The van der Waals surface area contributed by atoms with Gasteiger partial charge in [-0.25, -0.2) is 9.97 Å². The maximum absolute atomic E-state index is 6.65. The third-order valence-electron chi connectivity index (χ3n) is 11.0. The average molecular weight is 720 g/mol. The van der Waals surface area contributed by atoms with Gasteiger partial charge in [-0.15, -0.1) is 11.3 Å². The lowest BCUT2D eigenvalue weighted by Gasteiger charge is -2.11. The molecule has 0 bridgehead atoms. The third kappa shape index (κ3) is 4.57. The topological polar surface area (TPSA) is 43.9 Å². The van der Waals surface area contributed by atoms with E-state index in [1.807, 2.05) is 12.1 Å². The summed E-state index contributed by atoms with van der Waals surface area (Å²) in [7, 11) is 0. The molecule has 0 saturated heterocycles. The Morgan fingerprint density at radius 2 is 1.15 bits per heavy atom. The van der Waals surface area contributed by atoms with E-state index in [1.165, 1.54) is 37.3 Å². The standard InChI is InChI=1S/C50H29N3OS/c1-2-16-34-30(12-1)13-10-20-37(34)47-49-48(39-19-5-8-25-45(39)55-49)52-50(51-47)40-21-11-24-43-46(40)38-27-26-32(29-44(38)54-43)31-14-9-15-33(28-31)53-41-22-6-3-17-35(41)36-18-4-7-23-42(36)53/h1-29H. The van der Waals surface area contributed by atoms with Crippen LogP contribution in [0.3, 0.4) is 0 Å². The number of thiophene rings is 1. The summed E-state index contributed by atoms with van der Waals surface area (Å²) in [5.74, 6) is 0.690. The number of nitrogens with zero attached hydrogens (tertiary/aromatic N) is 3. The average Bonchev–Trinajstić information content (AvgIpc) is 3.92. The predicted octanol–water partition coefficient (Wildman–Crippen LogP) is 14.0. The van der Waals surface area contributed by atoms with Crippen molar-refractivity contribution in [3.05, 3.63) is 176 Å². The van der Waals surface area contributed by atoms with Crippen molar-refractivity contribution in [2.24, 2.45) is 0 Å². The highest BCUT2D eigenvalue weighted by Gasteiger charge is 2.21. The second kappa shape index (κ2) is 11.7. The molecule has 0 radical (unpaired) electrons. The molecule has 0 amide bonds. The number of furan rings is 1. The first-order valence-electron chi connectivity index (χ1n) is 18.5. The number of aromatic nitrogens is 3. The van der Waals surface area contributed by atoms with Gasteiger partial charge in [0, 0.05) is 48.4 Å². The first-order chi connectivity index (χ1) is 27.3. The van der Waals surface area contributed by atoms with Crippen molar-refractivity contribution < 1.29 is 4.42 Å². The number of hydrogen-bond donors (Lipinski definition) is 0. The molecule has 0 N–H and O–H groups in total. The van der Waals surface area contributed by atoms with Crippen LogP contribution >= 0.6 is 11.3 Å². The van der Waals surface area contributed by atoms with Gasteiger partial charge in [0.25, 0.3) is 0 Å². The molecule has 0 saturated carbocycles. The summed E-state index contributed by atoms with van der Waals surface area (Å²) in [5.41, 5.74) is 11.4. The number of hydrogen-bond acceptors (Lipinski definition) is 4. The Morgan fingerprint density at radius 1 is 0.473 bits per heavy atom. The third-order valence-corrected chi connectivity index (χ3v) is 12.2. The summed E-state index contributed by atoms with van der Waals surface area (Å²) in [4.78, 5) is 10.8. The molecule has 0 aliphatic carbocycles. The SMILES string of the molecule is c1cc(-c2ccc3c(c2)oc2cccc(-c4nc(-c5cccc6ccccc56)c5sc6ccccc6c5n4)c23)cc(-n2c3ccccc3c3ccccc32)c1. The van der Waals surface area contributed by atoms with Crippen molar-refractivity contribution in [1.82, 2.24) is 14.5 Å². The molecule has 0 aliphatic heterocycles. The summed E-state index contributed by atoms with van der Waals surface area (Å²) in [5, 5.41) is 8.07. The van der Waals surface area contributed by atoms with E-state index in [-0.39, 0.29) is 0 Å². The lowest BCUT2D eigenvalue weighted by Crippen LogP contribution is -1.95. The molecule has 4 aromatic heterocycles. The maximum atomic E-state index is 6.65. The fourth-order valence-corrected chi connectivity index (χ4v) is 9.69. The Bertz CT molecular complexity index is 3460. The van der Waals surface area contributed by atoms with Gasteiger partial charge >= 0.3 is 0 Å². The van der Waals surface area contributed by atoms with Crippen molar-refractivity contribution >= 4 is 86.2 Å². The van der Waals surface area contributed by atoms with E-state index in [4.69, 9.17) is 14.4 Å². The molecule has 0 atom stereocenters. The van der Waals surface area contributed by atoms with Crippen molar-refractivity contribution in [1.29, 1.82) is 0 Å². The lowest BCUT2D eigenvalue weighted by molar-refractivity contribution is 0.669. The van der Waals surface area contributed by atoms with Crippen LogP contribution < -0.4 is 0 Å². The van der Waals surface area contributed by atoms with Gasteiger partial charge in [-0.3, -0.25) is 0 Å². The molecule has 12 rings (SSSR count). The van der Waals surface area contributed by atoms with Crippen LogP contribution in [0.2, 0.25) is 0 Å². The molecule has 0 fully saturated rings. The molecule has 4 nitrogen and oxygen atoms in total. The van der Waals surface area contributed by atoms with Crippen molar-refractivity contribution in [3.8, 4) is 39.5 Å². The number of rotatable bonds is 4. The summed E-state index contributed by atoms with van der Waals surface area (Å²) in [6, 6.07) is 62.4. The van der Waals surface area contributed by atoms with Crippen LogP contribution in [-0.2, 0) is 0 Å². The van der Waals surface area contributed by atoms with Gasteiger partial charge in [-0.1, -0.05) is 127 Å². The minimum atomic E-state index is 0.690. The second-order valence-corrected chi connectivity index (χ2v) is 15.2. The molecule has 0 unspecified atom stereocenters. The van der Waals surface area contributed by atoms with Crippen molar-refractivity contribution in [3.63, 3.8) is 0 Å². The molecular formula is C50H29N3OS. The molecule has 256 valence electrons. The van der Waals surface area contributed by atoms with Crippen LogP contribution in [0, 0.1) is 0 Å². The smallest absolute Gasteiger partial charge is 0.161 e. The Kier molecular flexibility index (Phi) is 6.47. The zero-order valence-electron chi connectivity index (χ0n) is 29.4. The Morgan fingerprint density at radius 3 is 2.00 bits per heavy atom. The minimum absolute atomic E-state index is 0.690. The van der Waals surface area contributed by atoms with Crippen LogP contribution in [0.4, 0.5) is 0 Å². The lowest BCUT2D eigenvalue weighted by atomic mass is 10.00. The highest BCUT2D eigenvalue weighted by molar-refractivity contribution is 7.26. The zero-order valence-corrected chi connectivity index (χ0v) is 30.2. The normalized spacial score (nSPS) is 12.0. The van der Waals surface area contributed by atoms with Gasteiger partial charge in [0.1, 0.15) is 11.2 Å². The number of fused-ring (bicyclic) bond motifs is 10. The zero-order chi connectivity index (χ0) is 36.0. The van der Waals surface area contributed by atoms with E-state index in [0.717, 1.165) is 71.2 Å². The van der Waals surface area contributed by atoms with Crippen LogP contribution in [0.5, 0.6) is 0 Å². The van der Waals surface area contributed by atoms with E-state index >= 15 is 0 Å². The van der Waals surface area contributed by atoms with E-state index in [0.29, 0.717) is 5.82 Å². The largest absolute Gasteiger partial charge is 0.456 e. The molecular weight excluding hydrogens is 691 g/mol. The van der Waals surface area contributed by atoms with Gasteiger partial charge in [0.15, 0.2) is 5.82 Å². The van der Waals surface area contributed by atoms with Crippen LogP contribution in [-0.4, -0.2) is 14.5 Å². The van der Waals surface area contributed by atoms with Gasteiger partial charge in [-0.2, -0.15) is 0 Å². The predicted molar refractivity (Wildman–Crippen MR) is 230 cm³/mol. The molecule has 55 heavy (non-hydrogen) atoms. The first-order valence-corrected chi connectivity index (χ1v) is 19.3. The maximum Gasteiger partial charge on any atom is 0.161 e. The molecule has 4 heterocycles. The molecule has 12 aromatic rings. The minimum Gasteiger partial charge on any atom is -0.456 e. The van der Waals surface area contributed by atoms with E-state index in [2.05, 4.69) is 168 Å². The van der Waals surface area contributed by atoms with Crippen LogP contribution in [0.1, 0.15) is 0 Å². The highest BCUT2D eigenvalue weighted by atomic mass is 32.1. The molecule has 8 aromatic carbocycles. The summed E-state index contributed by atoms with van der Waals surface area (Å²) < 4.78 is 11.3. The van der Waals surface area contributed by atoms with Gasteiger partial charge in [0.05, 0.1) is 26.9 Å². The van der Waals surface area contributed by atoms with E-state index in [1.54, 1.807) is 11.3 Å². The number of benzene rings is 8. The van der Waals surface area contributed by atoms with Gasteiger partial charge in [-0.05, 0) is 70.4 Å². The quantitative estimate of drug-likeness (QED) is 0.182. The highest BCUT2D eigenvalue weighted by Crippen LogP contribution is 2.43. The molecule has 0 aliphatic rings. The summed E-state index contributed by atoms with van der Waals surface area (Å²) in [6.07, 6.45) is 0. The molecule has 5 heteroatoms. The first kappa shape index (κ1) is 30.4. The van der Waals surface area contributed by atoms with E-state index in [9.17, 15) is 0 Å². The fraction of sp³-hybridized carbons (Fsp3) is 0. The number of para-hydroxylation sites is 2. The van der Waals surface area contributed by atoms with Gasteiger partial charge in [0.2, 0.25) is 0 Å². The van der Waals surface area contributed by atoms with Crippen molar-refractivity contribution in [2.75, 3.05) is 0 Å². The van der Waals surface area contributed by atoms with Crippen LogP contribution in [0.15, 0.2) is 180 Å². The van der Waals surface area contributed by atoms with Gasteiger partial charge < -0.3 is 8.98 Å². The Labute approximate surface area is 319 Å². The van der Waals surface area contributed by atoms with Crippen LogP contribution in [0.25, 0.3) is 114 Å². The van der Waals surface area contributed by atoms with Crippen molar-refractivity contribution in [2.45, 2.75) is 0 Å². The summed E-state index contributed by atoms with van der Waals surface area (Å²) >= 11 is 1.76. The monoisotopic (exact) mass is 719 g/mol. The second-order valence-electron chi connectivity index (χ2n) is 14.1. The summed E-state index contributed by atoms with van der Waals surface area (Å²) in [6.45, 7) is 0. The van der Waals surface area contributed by atoms with E-state index < -0.39 is 0 Å². The Balaban J connectivity index is 1.04. The Hall–Kier alpha value is -7.08. The fourth-order valence-electron chi connectivity index (χ4n) is 8.54.